The van der Waals surface area contributed by atoms with Gasteiger partial charge in [-0.15, -0.1) is 0 Å². The normalized spacial score (nSPS) is 13.1. The molecule has 0 aliphatic heterocycles. The number of nitrogens with one attached hydrogen (secondary N) is 1. The summed E-state index contributed by atoms with van der Waals surface area (Å²) in [4.78, 5) is 29.1. The molecule has 0 radical (unpaired) electrons. The number of allylic oxidation sites excluding steroid dienone is 2. The van der Waals surface area contributed by atoms with E-state index in [2.05, 4.69) is 28.9 Å². The molecule has 1 amide bonds. The van der Waals surface area contributed by atoms with Gasteiger partial charge in [0.25, 0.3) is 0 Å². The average Bonchev–Trinajstić information content (AvgIpc) is 2.67. The Hall–Kier alpha value is -0.720. The van der Waals surface area contributed by atoms with E-state index in [0.29, 0.717) is 6.42 Å². The highest BCUT2D eigenvalue weighted by atomic mass is 31.2. The van der Waals surface area contributed by atoms with Gasteiger partial charge < -0.3 is 20.2 Å². The van der Waals surface area contributed by atoms with Crippen LogP contribution in [0.3, 0.4) is 0 Å². The molecule has 0 saturated carbocycles. The van der Waals surface area contributed by atoms with E-state index in [0.717, 1.165) is 32.1 Å². The van der Waals surface area contributed by atoms with Gasteiger partial charge in [-0.25, -0.2) is 4.57 Å². The Bertz CT molecular complexity index is 466. The number of amides is 1. The summed E-state index contributed by atoms with van der Waals surface area (Å²) >= 11 is 0. The van der Waals surface area contributed by atoms with E-state index < -0.39 is 27.1 Å². The first kappa shape index (κ1) is 28.3. The van der Waals surface area contributed by atoms with Gasteiger partial charge in [0.1, 0.15) is 0 Å². The maximum atomic E-state index is 11.8. The van der Waals surface area contributed by atoms with Gasteiger partial charge in [-0.3, -0.25) is 9.32 Å². The van der Waals surface area contributed by atoms with Crippen molar-refractivity contribution in [1.82, 2.24) is 5.32 Å². The highest BCUT2D eigenvalue weighted by Crippen LogP contribution is 2.35. The lowest BCUT2D eigenvalue weighted by molar-refractivity contribution is -0.122. The number of carbonyl (C=O) groups excluding carboxylic acids is 1. The lowest BCUT2D eigenvalue weighted by atomic mass is 10.1. The second-order valence-corrected chi connectivity index (χ2v) is 8.81. The second kappa shape index (κ2) is 19.3. The van der Waals surface area contributed by atoms with Crippen molar-refractivity contribution in [2.45, 2.75) is 103 Å². The minimum Gasteiger partial charge on any atom is -0.394 e. The summed E-state index contributed by atoms with van der Waals surface area (Å²) in [6.45, 7) is 1.39. The number of aliphatic hydroxyl groups is 1. The molecule has 7 nitrogen and oxygen atoms in total. The molecule has 4 N–H and O–H groups in total. The molecule has 29 heavy (non-hydrogen) atoms. The third-order valence-electron chi connectivity index (χ3n) is 4.70. The van der Waals surface area contributed by atoms with Crippen molar-refractivity contribution in [1.29, 1.82) is 0 Å². The molecule has 0 aromatic rings. The first-order valence-corrected chi connectivity index (χ1v) is 12.7. The number of hydrogen-bond donors (Lipinski definition) is 4. The fraction of sp³-hybridized carbons (Fsp3) is 0.857. The summed E-state index contributed by atoms with van der Waals surface area (Å²) in [6.07, 6.45) is 20.4. The molecule has 0 rings (SSSR count). The van der Waals surface area contributed by atoms with Gasteiger partial charge in [-0.2, -0.15) is 0 Å². The summed E-state index contributed by atoms with van der Waals surface area (Å²) in [5, 5.41) is 11.6. The smallest absolute Gasteiger partial charge is 0.394 e. The molecule has 0 aromatic carbocycles. The minimum atomic E-state index is -4.60. The third-order valence-corrected chi connectivity index (χ3v) is 5.18. The first-order valence-electron chi connectivity index (χ1n) is 11.1. The van der Waals surface area contributed by atoms with Crippen LogP contribution in [0, 0.1) is 0 Å². The van der Waals surface area contributed by atoms with Crippen LogP contribution in [0.15, 0.2) is 12.2 Å². The van der Waals surface area contributed by atoms with Crippen molar-refractivity contribution in [2.24, 2.45) is 0 Å². The van der Waals surface area contributed by atoms with E-state index in [1.807, 2.05) is 0 Å². The molecule has 0 aromatic heterocycles. The van der Waals surface area contributed by atoms with E-state index in [9.17, 15) is 9.36 Å². The number of aliphatic hydroxyl groups excluding tert-OH is 1. The number of carbonyl (C=O) groups is 1. The molecule has 0 bridgehead atoms. The van der Waals surface area contributed by atoms with E-state index in [1.54, 1.807) is 0 Å². The van der Waals surface area contributed by atoms with Crippen molar-refractivity contribution in [3.63, 3.8) is 0 Å². The lowest BCUT2D eigenvalue weighted by Crippen LogP contribution is -2.40. The van der Waals surface area contributed by atoms with Crippen LogP contribution in [0.1, 0.15) is 96.8 Å². The first-order chi connectivity index (χ1) is 13.9. The van der Waals surface area contributed by atoms with Crippen molar-refractivity contribution in [3.05, 3.63) is 12.2 Å². The van der Waals surface area contributed by atoms with Crippen LogP contribution in [0.2, 0.25) is 0 Å². The molecule has 0 unspecified atom stereocenters. The van der Waals surface area contributed by atoms with Gasteiger partial charge in [0, 0.05) is 6.42 Å². The molecule has 0 spiro atoms. The number of hydrogen-bond acceptors (Lipinski definition) is 4. The molecule has 0 aliphatic carbocycles. The Kier molecular flexibility index (Phi) is 18.8. The standard InChI is InChI=1S/C21H42NO6P/c1-2-3-4-5-6-7-8-9-10-11-12-13-14-15-16-17-21(24)22-20(18-23)19-28-29(25,26)27/h9-10,20,23H,2-8,11-19H2,1H3,(H,22,24)(H2,25,26,27)/t20-/m1/s1. The molecule has 172 valence electrons. The van der Waals surface area contributed by atoms with Crippen LogP contribution >= 0.6 is 7.82 Å². The van der Waals surface area contributed by atoms with Crippen LogP contribution in [-0.4, -0.2) is 40.1 Å². The van der Waals surface area contributed by atoms with Gasteiger partial charge in [0.05, 0.1) is 19.3 Å². The molecule has 0 fully saturated rings. The predicted molar refractivity (Wildman–Crippen MR) is 116 cm³/mol. The van der Waals surface area contributed by atoms with Gasteiger partial charge in [0.2, 0.25) is 5.91 Å². The van der Waals surface area contributed by atoms with E-state index in [4.69, 9.17) is 14.9 Å². The van der Waals surface area contributed by atoms with E-state index in [-0.39, 0.29) is 5.91 Å². The molecule has 8 heteroatoms. The zero-order valence-electron chi connectivity index (χ0n) is 18.1. The van der Waals surface area contributed by atoms with Gasteiger partial charge >= 0.3 is 7.82 Å². The largest absolute Gasteiger partial charge is 0.469 e. The second-order valence-electron chi connectivity index (χ2n) is 7.57. The van der Waals surface area contributed by atoms with Gasteiger partial charge in [0.15, 0.2) is 0 Å². The Morgan fingerprint density at radius 1 is 0.931 bits per heavy atom. The number of unbranched alkanes of at least 4 members (excludes halogenated alkanes) is 11. The molecule has 0 heterocycles. The van der Waals surface area contributed by atoms with Crippen molar-refractivity contribution >= 4 is 13.7 Å². The highest BCUT2D eigenvalue weighted by Gasteiger charge is 2.19. The molecular weight excluding hydrogens is 393 g/mol. The van der Waals surface area contributed by atoms with Gasteiger partial charge in [-0.1, -0.05) is 70.4 Å². The molecule has 1 atom stereocenters. The topological polar surface area (TPSA) is 116 Å². The quantitative estimate of drug-likeness (QED) is 0.126. The third kappa shape index (κ3) is 21.8. The van der Waals surface area contributed by atoms with Crippen molar-refractivity contribution in [2.75, 3.05) is 13.2 Å². The zero-order chi connectivity index (χ0) is 21.8. The monoisotopic (exact) mass is 435 g/mol. The van der Waals surface area contributed by atoms with E-state index in [1.165, 1.54) is 51.4 Å². The summed E-state index contributed by atoms with van der Waals surface area (Å²) in [5.74, 6) is -0.240. The summed E-state index contributed by atoms with van der Waals surface area (Å²) in [5.41, 5.74) is 0. The number of phosphoric ester groups is 1. The van der Waals surface area contributed by atoms with E-state index >= 15 is 0 Å². The highest BCUT2D eigenvalue weighted by molar-refractivity contribution is 7.46. The molecule has 0 saturated heterocycles. The van der Waals surface area contributed by atoms with Crippen molar-refractivity contribution < 1.29 is 28.8 Å². The number of phosphoric acid groups is 1. The Balaban J connectivity index is 3.49. The van der Waals surface area contributed by atoms with Crippen LogP contribution in [0.5, 0.6) is 0 Å². The Labute approximate surface area is 176 Å². The summed E-state index contributed by atoms with van der Waals surface area (Å²) < 4.78 is 14.9. The van der Waals surface area contributed by atoms with Gasteiger partial charge in [-0.05, 0) is 32.1 Å². The van der Waals surface area contributed by atoms with Crippen LogP contribution in [0.4, 0.5) is 0 Å². The lowest BCUT2D eigenvalue weighted by Gasteiger charge is -2.16. The maximum Gasteiger partial charge on any atom is 0.469 e. The molecule has 0 aliphatic rings. The van der Waals surface area contributed by atoms with Crippen LogP contribution in [-0.2, 0) is 13.9 Å². The van der Waals surface area contributed by atoms with Crippen LogP contribution < -0.4 is 5.32 Å². The summed E-state index contributed by atoms with van der Waals surface area (Å²) in [7, 11) is -4.60. The fourth-order valence-electron chi connectivity index (χ4n) is 2.98. The summed E-state index contributed by atoms with van der Waals surface area (Å²) in [6, 6.07) is -0.807. The fourth-order valence-corrected chi connectivity index (χ4v) is 3.36. The maximum absolute atomic E-state index is 11.8. The minimum absolute atomic E-state index is 0.240. The predicted octanol–water partition coefficient (Wildman–Crippen LogP) is 4.61. The van der Waals surface area contributed by atoms with Crippen LogP contribution in [0.25, 0.3) is 0 Å². The Morgan fingerprint density at radius 3 is 1.97 bits per heavy atom. The average molecular weight is 436 g/mol. The molecular formula is C21H42NO6P. The zero-order valence-corrected chi connectivity index (χ0v) is 19.0. The number of rotatable bonds is 20. The van der Waals surface area contributed by atoms with Crippen molar-refractivity contribution in [3.8, 4) is 0 Å². The SMILES string of the molecule is CCCCCCCCC=CCCCCCCCC(=O)N[C@H](CO)COP(=O)(O)O. The Morgan fingerprint density at radius 2 is 1.45 bits per heavy atom.